The van der Waals surface area contributed by atoms with Gasteiger partial charge in [-0.3, -0.25) is 4.79 Å². The predicted molar refractivity (Wildman–Crippen MR) is 67.0 cm³/mol. The smallest absolute Gasteiger partial charge is 0.147 e. The summed E-state index contributed by atoms with van der Waals surface area (Å²) in [6.07, 6.45) is 2.99. The summed E-state index contributed by atoms with van der Waals surface area (Å²) < 4.78 is 0. The maximum Gasteiger partial charge on any atom is 0.147 e. The van der Waals surface area contributed by atoms with E-state index in [1.807, 2.05) is 0 Å². The first kappa shape index (κ1) is 10.4. The fourth-order valence-corrected chi connectivity index (χ4v) is 4.61. The van der Waals surface area contributed by atoms with Gasteiger partial charge in [-0.1, -0.05) is 24.6 Å². The molecule has 1 aliphatic heterocycles. The standard InChI is InChI=1S/C14H16OS/c1-9-5-6-12-10(8-9)14(2)7-3-4-11(15)13(14)16-12/h5-6,8,13H,3-4,7H2,1-2H3/t13-,14-/m0/s1. The van der Waals surface area contributed by atoms with Gasteiger partial charge in [0.25, 0.3) is 0 Å². The Balaban J connectivity index is 2.14. The summed E-state index contributed by atoms with van der Waals surface area (Å²) in [6.45, 7) is 4.40. The lowest BCUT2D eigenvalue weighted by Crippen LogP contribution is -2.40. The number of Topliss-reactive ketones (excluding diaryl/α,β-unsaturated/α-hetero) is 1. The molecule has 1 nitrogen and oxygen atoms in total. The molecule has 16 heavy (non-hydrogen) atoms. The molecule has 1 saturated carbocycles. The summed E-state index contributed by atoms with van der Waals surface area (Å²) >= 11 is 1.79. The monoisotopic (exact) mass is 232 g/mol. The van der Waals surface area contributed by atoms with E-state index in [0.29, 0.717) is 5.78 Å². The lowest BCUT2D eigenvalue weighted by Gasteiger charge is -2.35. The van der Waals surface area contributed by atoms with Gasteiger partial charge < -0.3 is 0 Å². The van der Waals surface area contributed by atoms with Gasteiger partial charge in [0.2, 0.25) is 0 Å². The SMILES string of the molecule is Cc1ccc2c(c1)[C@]1(C)CCCC(=O)[C@@H]1S2. The fraction of sp³-hybridized carbons (Fsp3) is 0.500. The highest BCUT2D eigenvalue weighted by atomic mass is 32.2. The van der Waals surface area contributed by atoms with Crippen LogP contribution in [0.5, 0.6) is 0 Å². The van der Waals surface area contributed by atoms with Crippen LogP contribution in [0, 0.1) is 6.92 Å². The summed E-state index contributed by atoms with van der Waals surface area (Å²) in [5, 5.41) is 0.179. The Bertz CT molecular complexity index is 466. The van der Waals surface area contributed by atoms with Crippen LogP contribution in [0.2, 0.25) is 0 Å². The van der Waals surface area contributed by atoms with Gasteiger partial charge in [0, 0.05) is 16.7 Å². The molecule has 2 aliphatic rings. The predicted octanol–water partition coefficient (Wildman–Crippen LogP) is 3.48. The van der Waals surface area contributed by atoms with Crippen LogP contribution >= 0.6 is 11.8 Å². The fourth-order valence-electron chi connectivity index (χ4n) is 3.04. The molecule has 0 spiro atoms. The van der Waals surface area contributed by atoms with E-state index in [2.05, 4.69) is 32.0 Å². The van der Waals surface area contributed by atoms with Crippen LogP contribution in [0.25, 0.3) is 0 Å². The number of fused-ring (bicyclic) bond motifs is 3. The third-order valence-electron chi connectivity index (χ3n) is 3.99. The number of rotatable bonds is 0. The Morgan fingerprint density at radius 3 is 3.06 bits per heavy atom. The number of thioether (sulfide) groups is 1. The van der Waals surface area contributed by atoms with Gasteiger partial charge in [-0.15, -0.1) is 11.8 Å². The Hall–Kier alpha value is -0.760. The van der Waals surface area contributed by atoms with Crippen LogP contribution in [0.4, 0.5) is 0 Å². The van der Waals surface area contributed by atoms with Gasteiger partial charge in [0.05, 0.1) is 5.25 Å². The number of carbonyl (C=O) groups is 1. The minimum absolute atomic E-state index is 0.0986. The van der Waals surface area contributed by atoms with Crippen molar-refractivity contribution in [3.8, 4) is 0 Å². The highest BCUT2D eigenvalue weighted by Gasteiger charge is 2.49. The molecule has 1 heterocycles. The summed E-state index contributed by atoms with van der Waals surface area (Å²) in [5.41, 5.74) is 2.82. The van der Waals surface area contributed by atoms with Crippen LogP contribution in [0.15, 0.2) is 23.1 Å². The minimum Gasteiger partial charge on any atom is -0.298 e. The quantitative estimate of drug-likeness (QED) is 0.681. The second-order valence-electron chi connectivity index (χ2n) is 5.23. The number of benzene rings is 1. The Labute approximate surface area is 101 Å². The van der Waals surface area contributed by atoms with Crippen LogP contribution in [0.3, 0.4) is 0 Å². The maximum absolute atomic E-state index is 12.0. The van der Waals surface area contributed by atoms with E-state index >= 15 is 0 Å². The molecule has 0 N–H and O–H groups in total. The van der Waals surface area contributed by atoms with Crippen molar-refractivity contribution in [3.63, 3.8) is 0 Å². The first-order valence-electron chi connectivity index (χ1n) is 5.92. The Morgan fingerprint density at radius 1 is 1.44 bits per heavy atom. The molecule has 0 unspecified atom stereocenters. The van der Waals surface area contributed by atoms with Gasteiger partial charge >= 0.3 is 0 Å². The van der Waals surface area contributed by atoms with E-state index in [0.717, 1.165) is 19.3 Å². The van der Waals surface area contributed by atoms with Crippen molar-refractivity contribution in [1.29, 1.82) is 0 Å². The molecule has 1 aromatic carbocycles. The van der Waals surface area contributed by atoms with Crippen molar-refractivity contribution in [1.82, 2.24) is 0 Å². The van der Waals surface area contributed by atoms with Crippen molar-refractivity contribution >= 4 is 17.5 Å². The van der Waals surface area contributed by atoms with E-state index < -0.39 is 0 Å². The molecule has 1 aliphatic carbocycles. The minimum atomic E-state index is 0.0986. The number of hydrogen-bond donors (Lipinski definition) is 0. The lowest BCUT2D eigenvalue weighted by atomic mass is 9.70. The highest BCUT2D eigenvalue weighted by Crippen LogP contribution is 2.54. The zero-order valence-corrected chi connectivity index (χ0v) is 10.6. The zero-order chi connectivity index (χ0) is 11.3. The van der Waals surface area contributed by atoms with Gasteiger partial charge in [-0.25, -0.2) is 0 Å². The van der Waals surface area contributed by atoms with E-state index in [1.54, 1.807) is 11.8 Å². The van der Waals surface area contributed by atoms with Crippen molar-refractivity contribution in [3.05, 3.63) is 29.3 Å². The second kappa shape index (κ2) is 3.36. The molecule has 2 atom stereocenters. The molecular formula is C14H16OS. The van der Waals surface area contributed by atoms with E-state index in [4.69, 9.17) is 0 Å². The highest BCUT2D eigenvalue weighted by molar-refractivity contribution is 8.01. The summed E-state index contributed by atoms with van der Waals surface area (Å²) in [5.74, 6) is 0.451. The molecule has 0 saturated heterocycles. The number of hydrogen-bond acceptors (Lipinski definition) is 2. The summed E-state index contributed by atoms with van der Waals surface area (Å²) in [7, 11) is 0. The number of carbonyl (C=O) groups excluding carboxylic acids is 1. The van der Waals surface area contributed by atoms with Crippen LogP contribution in [-0.4, -0.2) is 11.0 Å². The third-order valence-corrected chi connectivity index (χ3v) is 5.61. The van der Waals surface area contributed by atoms with Crippen LogP contribution in [0.1, 0.15) is 37.3 Å². The van der Waals surface area contributed by atoms with Crippen molar-refractivity contribution in [2.75, 3.05) is 0 Å². The Kier molecular flexibility index (Phi) is 2.19. The lowest BCUT2D eigenvalue weighted by molar-refractivity contribution is -0.121. The zero-order valence-electron chi connectivity index (χ0n) is 9.75. The number of ketones is 1. The van der Waals surface area contributed by atoms with Crippen molar-refractivity contribution in [2.45, 2.75) is 48.7 Å². The van der Waals surface area contributed by atoms with E-state index in [-0.39, 0.29) is 10.7 Å². The van der Waals surface area contributed by atoms with Gasteiger partial charge in [-0.2, -0.15) is 0 Å². The van der Waals surface area contributed by atoms with Crippen molar-refractivity contribution < 1.29 is 4.79 Å². The molecule has 0 bridgehead atoms. The first-order valence-corrected chi connectivity index (χ1v) is 6.80. The van der Waals surface area contributed by atoms with Gasteiger partial charge in [0.1, 0.15) is 5.78 Å². The van der Waals surface area contributed by atoms with E-state index in [1.165, 1.54) is 16.0 Å². The van der Waals surface area contributed by atoms with E-state index in [9.17, 15) is 4.79 Å². The molecule has 0 amide bonds. The van der Waals surface area contributed by atoms with Gasteiger partial charge in [0.15, 0.2) is 0 Å². The molecule has 84 valence electrons. The van der Waals surface area contributed by atoms with Crippen LogP contribution in [-0.2, 0) is 10.2 Å². The number of aryl methyl sites for hydroxylation is 1. The molecule has 3 rings (SSSR count). The molecular weight excluding hydrogens is 216 g/mol. The average Bonchev–Trinajstić information content (AvgIpc) is 2.53. The molecule has 0 radical (unpaired) electrons. The molecule has 1 fully saturated rings. The maximum atomic E-state index is 12.0. The molecule has 2 heteroatoms. The summed E-state index contributed by atoms with van der Waals surface area (Å²) in [6, 6.07) is 6.62. The van der Waals surface area contributed by atoms with Crippen LogP contribution < -0.4 is 0 Å². The Morgan fingerprint density at radius 2 is 2.25 bits per heavy atom. The van der Waals surface area contributed by atoms with Gasteiger partial charge in [-0.05, 0) is 31.4 Å². The normalized spacial score (nSPS) is 32.4. The molecule has 1 aromatic rings. The largest absolute Gasteiger partial charge is 0.298 e. The second-order valence-corrected chi connectivity index (χ2v) is 6.38. The van der Waals surface area contributed by atoms with Crippen molar-refractivity contribution in [2.24, 2.45) is 0 Å². The summed E-state index contributed by atoms with van der Waals surface area (Å²) in [4.78, 5) is 13.3. The molecule has 0 aromatic heterocycles. The third kappa shape index (κ3) is 1.29. The average molecular weight is 232 g/mol. The first-order chi connectivity index (χ1) is 7.61. The topological polar surface area (TPSA) is 17.1 Å².